The summed E-state index contributed by atoms with van der Waals surface area (Å²) in [7, 11) is 4.29. The van der Waals surface area contributed by atoms with Gasteiger partial charge in [0.05, 0.1) is 0 Å². The Kier molecular flexibility index (Phi) is 8.12. The van der Waals surface area contributed by atoms with Crippen molar-refractivity contribution in [2.24, 2.45) is 23.5 Å². The Labute approximate surface area is 153 Å². The van der Waals surface area contributed by atoms with Crippen molar-refractivity contribution in [3.05, 3.63) is 0 Å². The highest BCUT2D eigenvalue weighted by atomic mass is 35.5. The highest BCUT2D eigenvalue weighted by Crippen LogP contribution is 2.42. The van der Waals surface area contributed by atoms with Gasteiger partial charge in [0.1, 0.15) is 0 Å². The van der Waals surface area contributed by atoms with E-state index in [1.807, 2.05) is 0 Å². The van der Waals surface area contributed by atoms with E-state index in [2.05, 4.69) is 23.9 Å². The molecule has 4 nitrogen and oxygen atoms in total. The summed E-state index contributed by atoms with van der Waals surface area (Å²) in [4.78, 5) is 17.3. The zero-order valence-corrected chi connectivity index (χ0v) is 16.1. The Bertz CT molecular complexity index is 372. The summed E-state index contributed by atoms with van der Waals surface area (Å²) >= 11 is 0. The second kappa shape index (κ2) is 8.89. The molecule has 0 radical (unpaired) electrons. The van der Waals surface area contributed by atoms with Crippen LogP contribution in [0.25, 0.3) is 0 Å². The quantitative estimate of drug-likeness (QED) is 0.817. The predicted octanol–water partition coefficient (Wildman–Crippen LogP) is 2.54. The van der Waals surface area contributed by atoms with E-state index in [4.69, 9.17) is 5.73 Å². The molecule has 2 aliphatic carbocycles. The summed E-state index contributed by atoms with van der Waals surface area (Å²) in [5.41, 5.74) is 6.35. The number of likely N-dealkylation sites (tertiary alicyclic amines) is 1. The number of piperidine rings is 1. The van der Waals surface area contributed by atoms with Crippen LogP contribution in [-0.4, -0.2) is 55.0 Å². The van der Waals surface area contributed by atoms with Crippen molar-refractivity contribution < 1.29 is 4.79 Å². The SMILES string of the molecule is CN(C)C1CCN(C(=O)C2CC3CCCC(C2)C3N)CC1.Cl.Cl. The monoisotopic (exact) mass is 365 g/mol. The van der Waals surface area contributed by atoms with Crippen LogP contribution in [0.4, 0.5) is 0 Å². The van der Waals surface area contributed by atoms with Crippen molar-refractivity contribution in [1.29, 1.82) is 0 Å². The van der Waals surface area contributed by atoms with Gasteiger partial charge in [-0.15, -0.1) is 24.8 Å². The molecule has 2 saturated carbocycles. The van der Waals surface area contributed by atoms with Crippen molar-refractivity contribution in [2.45, 2.75) is 57.0 Å². The molecule has 0 aromatic carbocycles. The molecule has 1 saturated heterocycles. The first-order valence-electron chi connectivity index (χ1n) is 8.77. The van der Waals surface area contributed by atoms with Crippen molar-refractivity contribution in [3.63, 3.8) is 0 Å². The average molecular weight is 366 g/mol. The van der Waals surface area contributed by atoms with Gasteiger partial charge < -0.3 is 15.5 Å². The molecule has 2 bridgehead atoms. The zero-order valence-electron chi connectivity index (χ0n) is 14.4. The number of halogens is 2. The molecule has 3 fully saturated rings. The number of nitrogens with two attached hydrogens (primary N) is 1. The molecule has 23 heavy (non-hydrogen) atoms. The third kappa shape index (κ3) is 4.53. The lowest BCUT2D eigenvalue weighted by Crippen LogP contribution is -2.51. The molecule has 1 aliphatic heterocycles. The minimum Gasteiger partial charge on any atom is -0.342 e. The third-order valence-electron chi connectivity index (χ3n) is 6.27. The Morgan fingerprint density at radius 3 is 2.00 bits per heavy atom. The number of carbonyl (C=O) groups is 1. The summed E-state index contributed by atoms with van der Waals surface area (Å²) in [6.45, 7) is 1.89. The number of hydrogen-bond donors (Lipinski definition) is 1. The molecule has 0 spiro atoms. The lowest BCUT2D eigenvalue weighted by Gasteiger charge is -2.45. The van der Waals surface area contributed by atoms with Gasteiger partial charge in [0.15, 0.2) is 0 Å². The van der Waals surface area contributed by atoms with Gasteiger partial charge in [-0.2, -0.15) is 0 Å². The highest BCUT2D eigenvalue weighted by molar-refractivity contribution is 5.85. The van der Waals surface area contributed by atoms with E-state index in [9.17, 15) is 4.79 Å². The summed E-state index contributed by atoms with van der Waals surface area (Å²) in [5, 5.41) is 0. The van der Waals surface area contributed by atoms with E-state index in [1.54, 1.807) is 0 Å². The van der Waals surface area contributed by atoms with Gasteiger partial charge in [0.25, 0.3) is 0 Å². The second-order valence-corrected chi connectivity index (χ2v) is 7.72. The van der Waals surface area contributed by atoms with E-state index in [-0.39, 0.29) is 30.7 Å². The first-order valence-corrected chi connectivity index (χ1v) is 8.77. The molecule has 136 valence electrons. The van der Waals surface area contributed by atoms with Gasteiger partial charge in [-0.25, -0.2) is 0 Å². The van der Waals surface area contributed by atoms with E-state index in [0.717, 1.165) is 38.8 Å². The molecule has 2 atom stereocenters. The minimum absolute atomic E-state index is 0. The summed E-state index contributed by atoms with van der Waals surface area (Å²) in [6, 6.07) is 1.01. The second-order valence-electron chi connectivity index (χ2n) is 7.72. The fraction of sp³-hybridized carbons (Fsp3) is 0.941. The zero-order chi connectivity index (χ0) is 15.0. The van der Waals surface area contributed by atoms with Crippen molar-refractivity contribution in [3.8, 4) is 0 Å². The van der Waals surface area contributed by atoms with Gasteiger partial charge in [0, 0.05) is 31.1 Å². The Hall–Kier alpha value is -0.0300. The highest BCUT2D eigenvalue weighted by Gasteiger charge is 2.42. The number of fused-ring (bicyclic) bond motifs is 2. The van der Waals surface area contributed by atoms with Crippen LogP contribution in [0, 0.1) is 17.8 Å². The van der Waals surface area contributed by atoms with Gasteiger partial charge >= 0.3 is 0 Å². The van der Waals surface area contributed by atoms with Gasteiger partial charge in [-0.1, -0.05) is 6.42 Å². The van der Waals surface area contributed by atoms with E-state index >= 15 is 0 Å². The van der Waals surface area contributed by atoms with Crippen LogP contribution in [0.15, 0.2) is 0 Å². The predicted molar refractivity (Wildman–Crippen MR) is 99.3 cm³/mol. The largest absolute Gasteiger partial charge is 0.342 e. The van der Waals surface area contributed by atoms with Crippen LogP contribution in [-0.2, 0) is 4.79 Å². The van der Waals surface area contributed by atoms with Crippen LogP contribution in [0.3, 0.4) is 0 Å². The number of rotatable bonds is 2. The molecular weight excluding hydrogens is 333 g/mol. The molecule has 1 heterocycles. The normalized spacial score (nSPS) is 34.5. The molecule has 2 unspecified atom stereocenters. The molecule has 2 N–H and O–H groups in total. The van der Waals surface area contributed by atoms with Crippen LogP contribution in [0.1, 0.15) is 44.9 Å². The fourth-order valence-corrected chi connectivity index (χ4v) is 4.85. The Morgan fingerprint density at radius 1 is 1.00 bits per heavy atom. The average Bonchev–Trinajstić information content (AvgIpc) is 2.46. The van der Waals surface area contributed by atoms with Crippen LogP contribution in [0.5, 0.6) is 0 Å². The van der Waals surface area contributed by atoms with Crippen molar-refractivity contribution in [2.75, 3.05) is 27.2 Å². The van der Waals surface area contributed by atoms with Crippen molar-refractivity contribution >= 4 is 30.7 Å². The van der Waals surface area contributed by atoms with Gasteiger partial charge in [-0.05, 0) is 64.5 Å². The topological polar surface area (TPSA) is 49.6 Å². The Morgan fingerprint density at radius 2 is 1.52 bits per heavy atom. The lowest BCUT2D eigenvalue weighted by molar-refractivity contribution is -0.140. The standard InChI is InChI=1S/C17H31N3O.2ClH/c1-19(2)15-6-8-20(9-7-15)17(21)14-10-12-4-3-5-13(11-14)16(12)18;;/h12-16H,3-11,18H2,1-2H3;2*1H. The molecule has 3 aliphatic rings. The first-order chi connectivity index (χ1) is 10.1. The lowest BCUT2D eigenvalue weighted by atomic mass is 9.65. The van der Waals surface area contributed by atoms with Crippen molar-refractivity contribution in [1.82, 2.24) is 9.80 Å². The van der Waals surface area contributed by atoms with E-state index in [1.165, 1.54) is 19.3 Å². The van der Waals surface area contributed by atoms with Gasteiger partial charge in [-0.3, -0.25) is 4.79 Å². The number of nitrogens with zero attached hydrogens (tertiary/aromatic N) is 2. The van der Waals surface area contributed by atoms with Crippen LogP contribution >= 0.6 is 24.8 Å². The molecule has 0 aromatic rings. The molecule has 6 heteroatoms. The maximum Gasteiger partial charge on any atom is 0.225 e. The fourth-order valence-electron chi connectivity index (χ4n) is 4.85. The number of carbonyl (C=O) groups excluding carboxylic acids is 1. The number of hydrogen-bond acceptors (Lipinski definition) is 3. The number of amides is 1. The summed E-state index contributed by atoms with van der Waals surface area (Å²) < 4.78 is 0. The molecular formula is C17H33Cl2N3O. The van der Waals surface area contributed by atoms with Crippen LogP contribution < -0.4 is 5.73 Å². The summed E-state index contributed by atoms with van der Waals surface area (Å²) in [6.07, 6.45) is 8.14. The maximum atomic E-state index is 12.8. The van der Waals surface area contributed by atoms with E-state index in [0.29, 0.717) is 29.8 Å². The van der Waals surface area contributed by atoms with Gasteiger partial charge in [0.2, 0.25) is 5.91 Å². The van der Waals surface area contributed by atoms with Crippen LogP contribution in [0.2, 0.25) is 0 Å². The minimum atomic E-state index is 0. The molecule has 0 aromatic heterocycles. The van der Waals surface area contributed by atoms with E-state index < -0.39 is 0 Å². The first kappa shape index (κ1) is 21.0. The maximum absolute atomic E-state index is 12.8. The smallest absolute Gasteiger partial charge is 0.225 e. The molecule has 3 rings (SSSR count). The summed E-state index contributed by atoms with van der Waals surface area (Å²) in [5.74, 6) is 1.89. The molecule has 1 amide bonds. The Balaban J connectivity index is 0.00000132. The third-order valence-corrected chi connectivity index (χ3v) is 6.27.